The third-order valence-corrected chi connectivity index (χ3v) is 10.1. The predicted molar refractivity (Wildman–Crippen MR) is 211 cm³/mol. The Balaban J connectivity index is 1.13. The lowest BCUT2D eigenvalue weighted by Crippen LogP contribution is -2.00. The number of furan rings is 2. The molecular formula is C47H27N3O2. The minimum atomic E-state index is 0.585. The zero-order valence-electron chi connectivity index (χ0n) is 27.7. The van der Waals surface area contributed by atoms with E-state index in [4.69, 9.17) is 23.8 Å². The molecule has 0 spiro atoms. The number of nitrogens with zero attached hydrogens (tertiary/aromatic N) is 3. The van der Waals surface area contributed by atoms with Crippen LogP contribution in [0.3, 0.4) is 0 Å². The SMILES string of the molecule is c1ccc(-c2nc(-c3ccc4ccccc4c3)nc(-c3cccc4oc5ccc(-c6cccc7c6oc6c8ccccc8ccc76)cc5c34)n2)cc1. The first-order chi connectivity index (χ1) is 25.7. The van der Waals surface area contributed by atoms with Crippen LogP contribution < -0.4 is 0 Å². The number of para-hydroxylation sites is 1. The zero-order valence-corrected chi connectivity index (χ0v) is 27.7. The molecule has 0 bridgehead atoms. The Hall–Kier alpha value is -7.11. The molecular weight excluding hydrogens is 639 g/mol. The summed E-state index contributed by atoms with van der Waals surface area (Å²) >= 11 is 0. The van der Waals surface area contributed by atoms with E-state index in [1.165, 1.54) is 5.39 Å². The third kappa shape index (κ3) is 4.46. The maximum atomic E-state index is 6.71. The molecule has 0 amide bonds. The van der Waals surface area contributed by atoms with Crippen LogP contribution in [-0.4, -0.2) is 15.0 Å². The van der Waals surface area contributed by atoms with Crippen LogP contribution in [0.4, 0.5) is 0 Å². The molecule has 0 atom stereocenters. The van der Waals surface area contributed by atoms with Gasteiger partial charge in [0, 0.05) is 49.2 Å². The molecule has 3 aromatic heterocycles. The normalized spacial score (nSPS) is 11.8. The Morgan fingerprint density at radius 3 is 1.90 bits per heavy atom. The molecule has 5 nitrogen and oxygen atoms in total. The lowest BCUT2D eigenvalue weighted by atomic mass is 9.98. The number of hydrogen-bond donors (Lipinski definition) is 0. The number of rotatable bonds is 4. The molecule has 0 saturated carbocycles. The summed E-state index contributed by atoms with van der Waals surface area (Å²) in [6.45, 7) is 0. The second kappa shape index (κ2) is 11.2. The first-order valence-corrected chi connectivity index (χ1v) is 17.3. The fourth-order valence-corrected chi connectivity index (χ4v) is 7.60. The van der Waals surface area contributed by atoms with E-state index in [2.05, 4.69) is 121 Å². The Morgan fingerprint density at radius 1 is 0.327 bits per heavy atom. The molecule has 5 heteroatoms. The van der Waals surface area contributed by atoms with Gasteiger partial charge in [-0.2, -0.15) is 0 Å². The van der Waals surface area contributed by atoms with Gasteiger partial charge in [0.25, 0.3) is 0 Å². The Kier molecular flexibility index (Phi) is 6.18. The average molecular weight is 666 g/mol. The van der Waals surface area contributed by atoms with Crippen LogP contribution in [0.25, 0.3) is 111 Å². The highest BCUT2D eigenvalue weighted by molar-refractivity contribution is 6.18. The lowest BCUT2D eigenvalue weighted by molar-refractivity contribution is 0.668. The van der Waals surface area contributed by atoms with E-state index in [9.17, 15) is 0 Å². The maximum Gasteiger partial charge on any atom is 0.164 e. The van der Waals surface area contributed by atoms with Gasteiger partial charge in [0.15, 0.2) is 17.5 Å². The van der Waals surface area contributed by atoms with Crippen LogP contribution in [0.15, 0.2) is 173 Å². The van der Waals surface area contributed by atoms with Gasteiger partial charge in [-0.15, -0.1) is 0 Å². The van der Waals surface area contributed by atoms with E-state index in [0.717, 1.165) is 87.9 Å². The summed E-state index contributed by atoms with van der Waals surface area (Å²) in [5.41, 5.74) is 8.13. The van der Waals surface area contributed by atoms with Crippen molar-refractivity contribution in [2.75, 3.05) is 0 Å². The van der Waals surface area contributed by atoms with Crippen LogP contribution in [0.1, 0.15) is 0 Å². The van der Waals surface area contributed by atoms with Crippen LogP contribution >= 0.6 is 0 Å². The summed E-state index contributed by atoms with van der Waals surface area (Å²) in [6, 6.07) is 56.3. The fourth-order valence-electron chi connectivity index (χ4n) is 7.60. The smallest absolute Gasteiger partial charge is 0.164 e. The summed E-state index contributed by atoms with van der Waals surface area (Å²) in [5, 5.41) is 8.71. The van der Waals surface area contributed by atoms with E-state index >= 15 is 0 Å². The Morgan fingerprint density at radius 2 is 1.00 bits per heavy atom. The van der Waals surface area contributed by atoms with Gasteiger partial charge < -0.3 is 8.83 Å². The fraction of sp³-hybridized carbons (Fsp3) is 0. The quantitative estimate of drug-likeness (QED) is 0.187. The van der Waals surface area contributed by atoms with Crippen molar-refractivity contribution in [3.8, 4) is 45.3 Å². The number of hydrogen-bond acceptors (Lipinski definition) is 5. The van der Waals surface area contributed by atoms with Gasteiger partial charge in [0.05, 0.1) is 0 Å². The number of aromatic nitrogens is 3. The van der Waals surface area contributed by atoms with Crippen LogP contribution in [0.5, 0.6) is 0 Å². The van der Waals surface area contributed by atoms with E-state index in [1.807, 2.05) is 42.5 Å². The van der Waals surface area contributed by atoms with Crippen molar-refractivity contribution >= 4 is 65.4 Å². The second-order valence-corrected chi connectivity index (χ2v) is 13.2. The Labute approximate surface area is 297 Å². The van der Waals surface area contributed by atoms with Gasteiger partial charge >= 0.3 is 0 Å². The van der Waals surface area contributed by atoms with Crippen molar-refractivity contribution in [3.63, 3.8) is 0 Å². The van der Waals surface area contributed by atoms with E-state index in [1.54, 1.807) is 0 Å². The zero-order chi connectivity index (χ0) is 34.2. The van der Waals surface area contributed by atoms with Gasteiger partial charge in [-0.1, -0.05) is 133 Å². The molecule has 0 N–H and O–H groups in total. The van der Waals surface area contributed by atoms with Gasteiger partial charge in [-0.25, -0.2) is 15.0 Å². The Bertz CT molecular complexity index is 3190. The van der Waals surface area contributed by atoms with Crippen LogP contribution in [0.2, 0.25) is 0 Å². The molecule has 11 aromatic rings. The molecule has 0 fully saturated rings. The third-order valence-electron chi connectivity index (χ3n) is 10.1. The first kappa shape index (κ1) is 28.7. The highest BCUT2D eigenvalue weighted by Gasteiger charge is 2.20. The summed E-state index contributed by atoms with van der Waals surface area (Å²) in [7, 11) is 0. The lowest BCUT2D eigenvalue weighted by Gasteiger charge is -2.10. The summed E-state index contributed by atoms with van der Waals surface area (Å²) in [4.78, 5) is 15.2. The number of fused-ring (bicyclic) bond motifs is 9. The van der Waals surface area contributed by atoms with Gasteiger partial charge in [-0.05, 0) is 52.1 Å². The summed E-state index contributed by atoms with van der Waals surface area (Å²) in [5.74, 6) is 1.81. The molecule has 0 saturated heterocycles. The standard InChI is InChI=1S/C47H27N3O2/c1-2-12-30(13-3-1)45-48-46(33-21-20-28-10-4-5-14-31(28)26-33)50-47(49-45)38-18-9-19-41-42(38)39-27-32(23-25-40(39)51-41)35-16-8-17-36-37-24-22-29-11-6-7-15-34(29)43(37)52-44(35)36/h1-27H. The van der Waals surface area contributed by atoms with Gasteiger partial charge in [0.1, 0.15) is 22.3 Å². The minimum Gasteiger partial charge on any atom is -0.456 e. The van der Waals surface area contributed by atoms with Crippen molar-refractivity contribution in [2.45, 2.75) is 0 Å². The molecule has 11 rings (SSSR count). The molecule has 0 aliphatic rings. The monoisotopic (exact) mass is 665 g/mol. The molecule has 0 radical (unpaired) electrons. The molecule has 52 heavy (non-hydrogen) atoms. The second-order valence-electron chi connectivity index (χ2n) is 13.2. The molecule has 8 aromatic carbocycles. The first-order valence-electron chi connectivity index (χ1n) is 17.3. The molecule has 0 aliphatic heterocycles. The number of benzene rings is 8. The summed E-state index contributed by atoms with van der Waals surface area (Å²) < 4.78 is 13.2. The molecule has 242 valence electrons. The minimum absolute atomic E-state index is 0.585. The predicted octanol–water partition coefficient (Wildman–Crippen LogP) is 12.6. The largest absolute Gasteiger partial charge is 0.456 e. The molecule has 0 aliphatic carbocycles. The molecule has 0 unspecified atom stereocenters. The van der Waals surface area contributed by atoms with Crippen LogP contribution in [-0.2, 0) is 0 Å². The van der Waals surface area contributed by atoms with E-state index < -0.39 is 0 Å². The summed E-state index contributed by atoms with van der Waals surface area (Å²) in [6.07, 6.45) is 0. The van der Waals surface area contributed by atoms with E-state index in [0.29, 0.717) is 17.5 Å². The topological polar surface area (TPSA) is 65.0 Å². The van der Waals surface area contributed by atoms with Gasteiger partial charge in [0.2, 0.25) is 0 Å². The van der Waals surface area contributed by atoms with E-state index in [-0.39, 0.29) is 0 Å². The maximum absolute atomic E-state index is 6.71. The highest BCUT2D eigenvalue weighted by atomic mass is 16.3. The van der Waals surface area contributed by atoms with Crippen LogP contribution in [0, 0.1) is 0 Å². The van der Waals surface area contributed by atoms with Crippen molar-refractivity contribution in [2.24, 2.45) is 0 Å². The van der Waals surface area contributed by atoms with Crippen molar-refractivity contribution in [3.05, 3.63) is 164 Å². The van der Waals surface area contributed by atoms with Gasteiger partial charge in [-0.3, -0.25) is 0 Å². The van der Waals surface area contributed by atoms with Crippen molar-refractivity contribution in [1.82, 2.24) is 15.0 Å². The van der Waals surface area contributed by atoms with Crippen molar-refractivity contribution in [1.29, 1.82) is 0 Å². The molecule has 3 heterocycles. The highest BCUT2D eigenvalue weighted by Crippen LogP contribution is 2.42. The van der Waals surface area contributed by atoms with Crippen molar-refractivity contribution < 1.29 is 8.83 Å². The average Bonchev–Trinajstić information content (AvgIpc) is 3.79.